The van der Waals surface area contributed by atoms with Crippen LogP contribution in [0.15, 0.2) is 0 Å². The zero-order chi connectivity index (χ0) is 11.0. The van der Waals surface area contributed by atoms with Gasteiger partial charge in [0, 0.05) is 31.6 Å². The first-order valence-corrected chi connectivity index (χ1v) is 6.08. The predicted molar refractivity (Wildman–Crippen MR) is 60.9 cm³/mol. The third-order valence-corrected chi connectivity index (χ3v) is 4.10. The van der Waals surface area contributed by atoms with Crippen LogP contribution in [0.25, 0.3) is 0 Å². The fourth-order valence-electron chi connectivity index (χ4n) is 2.88. The SMILES string of the molecule is C[C@@H]1CN(C2CCCC2=O)C[C@H](C)N1C. The fraction of sp³-hybridized carbons (Fsp3) is 0.917. The van der Waals surface area contributed by atoms with Gasteiger partial charge in [-0.1, -0.05) is 0 Å². The molecule has 2 rings (SSSR count). The molecule has 1 heterocycles. The summed E-state index contributed by atoms with van der Waals surface area (Å²) in [7, 11) is 2.18. The number of hydrogen-bond donors (Lipinski definition) is 0. The lowest BCUT2D eigenvalue weighted by Gasteiger charge is -2.44. The maximum Gasteiger partial charge on any atom is 0.149 e. The van der Waals surface area contributed by atoms with Gasteiger partial charge in [0.15, 0.2) is 0 Å². The lowest BCUT2D eigenvalue weighted by molar-refractivity contribution is -0.123. The number of Topliss-reactive ketones (excluding diaryl/α,β-unsaturated/α-hetero) is 1. The third kappa shape index (κ3) is 2.08. The molecule has 3 nitrogen and oxygen atoms in total. The van der Waals surface area contributed by atoms with E-state index in [1.165, 1.54) is 0 Å². The van der Waals surface area contributed by atoms with Gasteiger partial charge in [0.1, 0.15) is 5.78 Å². The molecule has 0 aromatic rings. The minimum absolute atomic E-state index is 0.239. The lowest BCUT2D eigenvalue weighted by atomic mass is 10.1. The Kier molecular flexibility index (Phi) is 3.12. The van der Waals surface area contributed by atoms with Crippen molar-refractivity contribution in [3.8, 4) is 0 Å². The van der Waals surface area contributed by atoms with Crippen LogP contribution in [0.1, 0.15) is 33.1 Å². The second kappa shape index (κ2) is 4.22. The van der Waals surface area contributed by atoms with Gasteiger partial charge in [0.05, 0.1) is 6.04 Å². The van der Waals surface area contributed by atoms with E-state index < -0.39 is 0 Å². The molecule has 2 aliphatic rings. The van der Waals surface area contributed by atoms with E-state index in [0.29, 0.717) is 17.9 Å². The van der Waals surface area contributed by atoms with E-state index in [1.54, 1.807) is 0 Å². The average molecular weight is 210 g/mol. The maximum atomic E-state index is 11.7. The largest absolute Gasteiger partial charge is 0.298 e. The Labute approximate surface area is 92.4 Å². The number of ketones is 1. The summed E-state index contributed by atoms with van der Waals surface area (Å²) in [6, 6.07) is 1.38. The van der Waals surface area contributed by atoms with Crippen LogP contribution in [-0.4, -0.2) is 53.8 Å². The van der Waals surface area contributed by atoms with Crippen LogP contribution in [0.3, 0.4) is 0 Å². The Bertz CT molecular complexity index is 242. The van der Waals surface area contributed by atoms with Crippen molar-refractivity contribution in [2.24, 2.45) is 0 Å². The quantitative estimate of drug-likeness (QED) is 0.648. The smallest absolute Gasteiger partial charge is 0.149 e. The minimum Gasteiger partial charge on any atom is -0.298 e. The molecule has 0 amide bonds. The summed E-state index contributed by atoms with van der Waals surface area (Å²) in [4.78, 5) is 16.5. The van der Waals surface area contributed by atoms with Gasteiger partial charge in [-0.15, -0.1) is 0 Å². The van der Waals surface area contributed by atoms with Crippen molar-refractivity contribution in [2.75, 3.05) is 20.1 Å². The summed E-state index contributed by atoms with van der Waals surface area (Å²) in [6.45, 7) is 6.61. The zero-order valence-corrected chi connectivity index (χ0v) is 10.1. The number of carbonyl (C=O) groups is 1. The Morgan fingerprint density at radius 3 is 2.27 bits per heavy atom. The molecule has 3 atom stereocenters. The Morgan fingerprint density at radius 1 is 1.20 bits per heavy atom. The van der Waals surface area contributed by atoms with Crippen LogP contribution in [0, 0.1) is 0 Å². The van der Waals surface area contributed by atoms with Crippen molar-refractivity contribution in [1.82, 2.24) is 9.80 Å². The Morgan fingerprint density at radius 2 is 1.80 bits per heavy atom. The number of rotatable bonds is 1. The normalized spacial score (nSPS) is 39.9. The molecular weight excluding hydrogens is 188 g/mol. The van der Waals surface area contributed by atoms with Gasteiger partial charge in [0.2, 0.25) is 0 Å². The Balaban J connectivity index is 2.02. The van der Waals surface area contributed by atoms with E-state index >= 15 is 0 Å². The maximum absolute atomic E-state index is 11.7. The molecule has 1 saturated carbocycles. The van der Waals surface area contributed by atoms with Crippen LogP contribution in [-0.2, 0) is 4.79 Å². The summed E-state index contributed by atoms with van der Waals surface area (Å²) in [5, 5.41) is 0. The fourth-order valence-corrected chi connectivity index (χ4v) is 2.88. The van der Waals surface area contributed by atoms with E-state index in [0.717, 1.165) is 32.4 Å². The van der Waals surface area contributed by atoms with E-state index in [-0.39, 0.29) is 6.04 Å². The molecular formula is C12H22N2O. The van der Waals surface area contributed by atoms with Crippen molar-refractivity contribution in [2.45, 2.75) is 51.2 Å². The summed E-state index contributed by atoms with van der Waals surface area (Å²) >= 11 is 0. The number of carbonyl (C=O) groups excluding carboxylic acids is 1. The first-order valence-electron chi connectivity index (χ1n) is 6.08. The van der Waals surface area contributed by atoms with Crippen LogP contribution in [0.2, 0.25) is 0 Å². The summed E-state index contributed by atoms with van der Waals surface area (Å²) < 4.78 is 0. The summed E-state index contributed by atoms with van der Waals surface area (Å²) in [5.41, 5.74) is 0. The molecule has 3 heteroatoms. The predicted octanol–water partition coefficient (Wildman–Crippen LogP) is 1.13. The molecule has 1 aliphatic carbocycles. The van der Waals surface area contributed by atoms with Gasteiger partial charge in [0.25, 0.3) is 0 Å². The third-order valence-electron chi connectivity index (χ3n) is 4.10. The van der Waals surface area contributed by atoms with Crippen molar-refractivity contribution in [1.29, 1.82) is 0 Å². The number of hydrogen-bond acceptors (Lipinski definition) is 3. The molecule has 15 heavy (non-hydrogen) atoms. The van der Waals surface area contributed by atoms with Crippen molar-refractivity contribution in [3.63, 3.8) is 0 Å². The Hall–Kier alpha value is -0.410. The van der Waals surface area contributed by atoms with Crippen LogP contribution in [0.4, 0.5) is 0 Å². The standard InChI is InChI=1S/C12H22N2O/c1-9-7-14(8-10(2)13(9)3)11-5-4-6-12(11)15/h9-11H,4-8H2,1-3H3/t9-,10+,11?. The molecule has 0 aromatic heterocycles. The zero-order valence-electron chi connectivity index (χ0n) is 10.1. The second-order valence-electron chi connectivity index (χ2n) is 5.19. The van der Waals surface area contributed by atoms with Crippen LogP contribution < -0.4 is 0 Å². The molecule has 0 spiro atoms. The van der Waals surface area contributed by atoms with Gasteiger partial charge in [-0.05, 0) is 33.7 Å². The van der Waals surface area contributed by atoms with E-state index in [4.69, 9.17) is 0 Å². The summed E-state index contributed by atoms with van der Waals surface area (Å²) in [5.74, 6) is 0.471. The molecule has 1 saturated heterocycles. The minimum atomic E-state index is 0.239. The van der Waals surface area contributed by atoms with Crippen molar-refractivity contribution in [3.05, 3.63) is 0 Å². The van der Waals surface area contributed by atoms with E-state index in [9.17, 15) is 4.79 Å². The molecule has 0 radical (unpaired) electrons. The first-order chi connectivity index (χ1) is 7.09. The molecule has 86 valence electrons. The van der Waals surface area contributed by atoms with Gasteiger partial charge in [-0.3, -0.25) is 14.6 Å². The molecule has 0 bridgehead atoms. The average Bonchev–Trinajstić information content (AvgIpc) is 2.60. The highest BCUT2D eigenvalue weighted by Crippen LogP contribution is 2.24. The van der Waals surface area contributed by atoms with Crippen LogP contribution in [0.5, 0.6) is 0 Å². The van der Waals surface area contributed by atoms with Gasteiger partial charge >= 0.3 is 0 Å². The second-order valence-corrected chi connectivity index (χ2v) is 5.19. The van der Waals surface area contributed by atoms with E-state index in [2.05, 4.69) is 30.7 Å². The highest BCUT2D eigenvalue weighted by Gasteiger charge is 2.35. The molecule has 1 unspecified atom stereocenters. The molecule has 2 fully saturated rings. The number of likely N-dealkylation sites (N-methyl/N-ethyl adjacent to an activating group) is 1. The highest BCUT2D eigenvalue weighted by molar-refractivity contribution is 5.85. The first kappa shape index (κ1) is 11.1. The van der Waals surface area contributed by atoms with E-state index in [1.807, 2.05) is 0 Å². The topological polar surface area (TPSA) is 23.6 Å². The monoisotopic (exact) mass is 210 g/mol. The van der Waals surface area contributed by atoms with Crippen LogP contribution >= 0.6 is 0 Å². The summed E-state index contributed by atoms with van der Waals surface area (Å²) in [6.07, 6.45) is 2.99. The molecule has 0 N–H and O–H groups in total. The van der Waals surface area contributed by atoms with Crippen molar-refractivity contribution < 1.29 is 4.79 Å². The lowest BCUT2D eigenvalue weighted by Crippen LogP contribution is -2.58. The highest BCUT2D eigenvalue weighted by atomic mass is 16.1. The number of nitrogens with zero attached hydrogens (tertiary/aromatic N) is 2. The number of piperazine rings is 1. The molecule has 0 aromatic carbocycles. The van der Waals surface area contributed by atoms with Gasteiger partial charge in [-0.25, -0.2) is 0 Å². The van der Waals surface area contributed by atoms with Crippen molar-refractivity contribution >= 4 is 5.78 Å². The molecule has 1 aliphatic heterocycles. The van der Waals surface area contributed by atoms with Gasteiger partial charge < -0.3 is 0 Å². The van der Waals surface area contributed by atoms with Gasteiger partial charge in [-0.2, -0.15) is 0 Å².